The summed E-state index contributed by atoms with van der Waals surface area (Å²) in [6.45, 7) is 6.06. The maximum absolute atomic E-state index is 13.4. The van der Waals surface area contributed by atoms with Crippen LogP contribution in [0, 0.1) is 23.2 Å². The Morgan fingerprint density at radius 2 is 2.25 bits per heavy atom. The van der Waals surface area contributed by atoms with E-state index in [1.165, 1.54) is 0 Å². The average molecular weight is 322 g/mol. The molecule has 2 saturated heterocycles. The van der Waals surface area contributed by atoms with Gasteiger partial charge in [-0.3, -0.25) is 4.79 Å². The van der Waals surface area contributed by atoms with Crippen molar-refractivity contribution in [2.75, 3.05) is 25.5 Å². The molecule has 4 nitrogen and oxygen atoms in total. The van der Waals surface area contributed by atoms with Gasteiger partial charge in [-0.05, 0) is 31.0 Å². The Morgan fingerprint density at radius 1 is 1.42 bits per heavy atom. The van der Waals surface area contributed by atoms with Crippen LogP contribution < -0.4 is 5.32 Å². The Bertz CT molecular complexity index is 792. The lowest BCUT2D eigenvalue weighted by Gasteiger charge is -2.54. The molecule has 0 aromatic heterocycles. The molecule has 5 aliphatic rings. The number of hydrogen-bond acceptors (Lipinski definition) is 3. The van der Waals surface area contributed by atoms with Crippen molar-refractivity contribution in [2.24, 2.45) is 23.2 Å². The van der Waals surface area contributed by atoms with Gasteiger partial charge in [0, 0.05) is 35.5 Å². The molecule has 1 amide bonds. The highest BCUT2D eigenvalue weighted by atomic mass is 16.5. The number of nitrogens with zero attached hydrogens (tertiary/aromatic N) is 1. The molecule has 7 atom stereocenters. The molecular weight excluding hydrogens is 300 g/mol. The number of para-hydroxylation sites is 1. The molecule has 2 aliphatic carbocycles. The standard InChI is InChI=1S/C20H22N2O2/c1-3-19-10-22(2)16-11-9-24-15(8-13(11)19)20(17(16)19)12-6-4-5-7-14(12)21-18(20)23/h3-7,11,13,15-17H,1,8-10H2,2H3,(H,21,23)/t11?,13-,15+,16+,17-,19-,20-/m0/s1. The number of fused-ring (bicyclic) bond motifs is 5. The van der Waals surface area contributed by atoms with Crippen LogP contribution in [0.4, 0.5) is 5.69 Å². The number of carbonyl (C=O) groups excluding carboxylic acids is 1. The van der Waals surface area contributed by atoms with Crippen LogP contribution >= 0.6 is 0 Å². The van der Waals surface area contributed by atoms with Crippen molar-refractivity contribution in [1.82, 2.24) is 4.90 Å². The van der Waals surface area contributed by atoms with E-state index >= 15 is 0 Å². The molecule has 6 rings (SSSR count). The van der Waals surface area contributed by atoms with Crippen molar-refractivity contribution in [1.29, 1.82) is 0 Å². The molecule has 4 heteroatoms. The van der Waals surface area contributed by atoms with Crippen LogP contribution in [0.1, 0.15) is 12.0 Å². The lowest BCUT2D eigenvalue weighted by atomic mass is 9.51. The predicted octanol–water partition coefficient (Wildman–Crippen LogP) is 2.03. The fourth-order valence-electron chi connectivity index (χ4n) is 7.38. The van der Waals surface area contributed by atoms with Crippen molar-refractivity contribution < 1.29 is 9.53 Å². The third-order valence-electron chi connectivity index (χ3n) is 7.93. The minimum Gasteiger partial charge on any atom is -0.376 e. The van der Waals surface area contributed by atoms with Crippen molar-refractivity contribution in [3.8, 4) is 0 Å². The first-order valence-electron chi connectivity index (χ1n) is 9.01. The quantitative estimate of drug-likeness (QED) is 0.805. The number of rotatable bonds is 1. The Balaban J connectivity index is 1.69. The largest absolute Gasteiger partial charge is 0.376 e. The van der Waals surface area contributed by atoms with Gasteiger partial charge in [0.15, 0.2) is 0 Å². The lowest BCUT2D eigenvalue weighted by Crippen LogP contribution is -2.62. The first kappa shape index (κ1) is 13.6. The number of amides is 1. The number of benzene rings is 1. The van der Waals surface area contributed by atoms with E-state index < -0.39 is 5.41 Å². The van der Waals surface area contributed by atoms with Gasteiger partial charge in [-0.1, -0.05) is 24.3 Å². The van der Waals surface area contributed by atoms with E-state index in [1.54, 1.807) is 0 Å². The Hall–Kier alpha value is -1.65. The topological polar surface area (TPSA) is 41.6 Å². The molecular formula is C20H22N2O2. The zero-order chi connectivity index (χ0) is 16.3. The van der Waals surface area contributed by atoms with E-state index in [2.05, 4.69) is 42.1 Å². The summed E-state index contributed by atoms with van der Waals surface area (Å²) < 4.78 is 6.34. The second-order valence-corrected chi connectivity index (χ2v) is 8.40. The molecule has 124 valence electrons. The molecule has 2 saturated carbocycles. The number of ether oxygens (including phenoxy) is 1. The minimum absolute atomic E-state index is 0.00280. The van der Waals surface area contributed by atoms with Crippen molar-refractivity contribution in [3.63, 3.8) is 0 Å². The highest BCUT2D eigenvalue weighted by Gasteiger charge is 2.79. The van der Waals surface area contributed by atoms with Crippen LogP contribution in [0.5, 0.6) is 0 Å². The molecule has 1 aromatic rings. The Kier molecular flexibility index (Phi) is 2.24. The van der Waals surface area contributed by atoms with Crippen LogP contribution in [-0.4, -0.2) is 43.2 Å². The van der Waals surface area contributed by atoms with E-state index in [-0.39, 0.29) is 23.3 Å². The lowest BCUT2D eigenvalue weighted by molar-refractivity contribution is -0.153. The van der Waals surface area contributed by atoms with E-state index in [1.807, 2.05) is 12.1 Å². The van der Waals surface area contributed by atoms with Crippen LogP contribution in [0.2, 0.25) is 0 Å². The third kappa shape index (κ3) is 1.12. The monoisotopic (exact) mass is 322 g/mol. The molecule has 5 bridgehead atoms. The molecule has 0 radical (unpaired) electrons. The van der Waals surface area contributed by atoms with Gasteiger partial charge in [0.05, 0.1) is 12.7 Å². The molecule has 3 heterocycles. The van der Waals surface area contributed by atoms with E-state index in [0.29, 0.717) is 17.9 Å². The second-order valence-electron chi connectivity index (χ2n) is 8.40. The summed E-state index contributed by atoms with van der Waals surface area (Å²) in [4.78, 5) is 15.9. The zero-order valence-electron chi connectivity index (χ0n) is 13.9. The smallest absolute Gasteiger partial charge is 0.238 e. The van der Waals surface area contributed by atoms with Crippen molar-refractivity contribution in [3.05, 3.63) is 42.5 Å². The molecule has 1 unspecified atom stereocenters. The highest BCUT2D eigenvalue weighted by Crippen LogP contribution is 2.73. The van der Waals surface area contributed by atoms with Gasteiger partial charge in [-0.25, -0.2) is 0 Å². The molecule has 3 aliphatic heterocycles. The van der Waals surface area contributed by atoms with Gasteiger partial charge in [0.2, 0.25) is 5.91 Å². The molecule has 1 aromatic carbocycles. The van der Waals surface area contributed by atoms with Crippen LogP contribution in [0.15, 0.2) is 36.9 Å². The summed E-state index contributed by atoms with van der Waals surface area (Å²) in [5.41, 5.74) is 1.61. The van der Waals surface area contributed by atoms with Gasteiger partial charge in [-0.2, -0.15) is 0 Å². The van der Waals surface area contributed by atoms with Gasteiger partial charge in [0.1, 0.15) is 5.41 Å². The number of likely N-dealkylation sites (tertiary alicyclic amines) is 1. The number of carbonyl (C=O) groups is 1. The van der Waals surface area contributed by atoms with Crippen LogP contribution in [-0.2, 0) is 14.9 Å². The predicted molar refractivity (Wildman–Crippen MR) is 90.6 cm³/mol. The summed E-state index contributed by atoms with van der Waals surface area (Å²) in [5.74, 6) is 1.56. The average Bonchev–Trinajstić information content (AvgIpc) is 3.08. The highest BCUT2D eigenvalue weighted by molar-refractivity contribution is 6.07. The van der Waals surface area contributed by atoms with Gasteiger partial charge in [0.25, 0.3) is 0 Å². The van der Waals surface area contributed by atoms with Crippen LogP contribution in [0.3, 0.4) is 0 Å². The number of nitrogens with one attached hydrogen (secondary N) is 1. The summed E-state index contributed by atoms with van der Waals surface area (Å²) in [6, 6.07) is 8.64. The molecule has 24 heavy (non-hydrogen) atoms. The SMILES string of the molecule is C=C[C@]12CN(C)[C@@H]3C4CO[C@H](C[C@@H]41)[C@]1(C(=O)Nc4ccccc41)[C@@H]32. The Morgan fingerprint density at radius 3 is 3.08 bits per heavy atom. The maximum atomic E-state index is 13.4. The van der Waals surface area contributed by atoms with E-state index in [0.717, 1.165) is 30.8 Å². The van der Waals surface area contributed by atoms with Gasteiger partial charge >= 0.3 is 0 Å². The summed E-state index contributed by atoms with van der Waals surface area (Å²) in [7, 11) is 2.21. The van der Waals surface area contributed by atoms with Gasteiger partial charge in [-0.15, -0.1) is 6.58 Å². The van der Waals surface area contributed by atoms with Crippen LogP contribution in [0.25, 0.3) is 0 Å². The number of piperidine rings is 1. The normalized spacial score (nSPS) is 50.4. The molecule has 1 N–H and O–H groups in total. The fraction of sp³-hybridized carbons (Fsp3) is 0.550. The van der Waals surface area contributed by atoms with Crippen molar-refractivity contribution in [2.45, 2.75) is 24.0 Å². The molecule has 1 spiro atoms. The first-order chi connectivity index (χ1) is 11.6. The summed E-state index contributed by atoms with van der Waals surface area (Å²) >= 11 is 0. The van der Waals surface area contributed by atoms with Crippen molar-refractivity contribution >= 4 is 11.6 Å². The second kappa shape index (κ2) is 3.94. The zero-order valence-corrected chi connectivity index (χ0v) is 13.9. The van der Waals surface area contributed by atoms with E-state index in [4.69, 9.17) is 4.74 Å². The first-order valence-corrected chi connectivity index (χ1v) is 9.01. The fourth-order valence-corrected chi connectivity index (χ4v) is 7.38. The summed E-state index contributed by atoms with van der Waals surface area (Å²) in [5, 5.41) is 3.18. The number of anilines is 1. The van der Waals surface area contributed by atoms with Gasteiger partial charge < -0.3 is 15.0 Å². The third-order valence-corrected chi connectivity index (χ3v) is 7.93. The number of hydrogen-bond donors (Lipinski definition) is 1. The summed E-state index contributed by atoms with van der Waals surface area (Å²) in [6.07, 6.45) is 3.17. The minimum atomic E-state index is -0.554. The van der Waals surface area contributed by atoms with E-state index in [9.17, 15) is 4.79 Å². The Labute approximate surface area is 141 Å². The maximum Gasteiger partial charge on any atom is 0.238 e. The molecule has 4 fully saturated rings.